The predicted octanol–water partition coefficient (Wildman–Crippen LogP) is 3.73. The van der Waals surface area contributed by atoms with Crippen LogP contribution in [-0.2, 0) is 6.54 Å². The number of aryl methyl sites for hydroxylation is 1. The molecule has 0 saturated heterocycles. The van der Waals surface area contributed by atoms with E-state index in [0.717, 1.165) is 48.1 Å². The van der Waals surface area contributed by atoms with Gasteiger partial charge in [0.25, 0.3) is 0 Å². The maximum absolute atomic E-state index is 10.5. The van der Waals surface area contributed by atoms with Crippen LogP contribution in [0.5, 0.6) is 5.88 Å². The van der Waals surface area contributed by atoms with Crippen LogP contribution in [0.4, 0.5) is 0 Å². The number of aliphatic imine (C=N–C) groups is 1. The van der Waals surface area contributed by atoms with Crippen molar-refractivity contribution in [3.05, 3.63) is 29.8 Å². The summed E-state index contributed by atoms with van der Waals surface area (Å²) in [5, 5.41) is 11.7. The Kier molecular flexibility index (Phi) is 3.28. The number of fused-ring (bicyclic) bond motifs is 1. The van der Waals surface area contributed by atoms with E-state index in [9.17, 15) is 5.11 Å². The normalized spacial score (nSPS) is 16.4. The second-order valence-corrected chi connectivity index (χ2v) is 5.10. The SMILES string of the molecule is CCn1c(O)c(C2=NCCCCC2)c2ccccc21. The molecule has 3 nitrogen and oxygen atoms in total. The number of rotatable bonds is 2. The highest BCUT2D eigenvalue weighted by molar-refractivity contribution is 6.13. The summed E-state index contributed by atoms with van der Waals surface area (Å²) < 4.78 is 1.97. The van der Waals surface area contributed by atoms with E-state index in [1.165, 1.54) is 12.8 Å². The maximum atomic E-state index is 10.5. The van der Waals surface area contributed by atoms with Crippen molar-refractivity contribution < 1.29 is 5.11 Å². The molecular formula is C16H20N2O. The standard InChI is InChI=1S/C16H20N2O/c1-2-18-14-10-6-5-8-12(14)15(16(18)19)13-9-4-3-7-11-17-13/h5-6,8,10,19H,2-4,7,9,11H2,1H3. The monoisotopic (exact) mass is 256 g/mol. The van der Waals surface area contributed by atoms with Gasteiger partial charge in [0.15, 0.2) is 0 Å². The van der Waals surface area contributed by atoms with Gasteiger partial charge < -0.3 is 9.67 Å². The van der Waals surface area contributed by atoms with Crippen molar-refractivity contribution in [3.8, 4) is 5.88 Å². The first-order chi connectivity index (χ1) is 9.33. The van der Waals surface area contributed by atoms with Crippen LogP contribution in [0.25, 0.3) is 10.9 Å². The van der Waals surface area contributed by atoms with Gasteiger partial charge in [-0.3, -0.25) is 4.99 Å². The highest BCUT2D eigenvalue weighted by Gasteiger charge is 2.20. The smallest absolute Gasteiger partial charge is 0.201 e. The molecule has 1 aromatic carbocycles. The molecule has 1 N–H and O–H groups in total. The Labute approximate surface area is 113 Å². The first kappa shape index (κ1) is 12.3. The molecule has 1 aromatic heterocycles. The van der Waals surface area contributed by atoms with Crippen molar-refractivity contribution in [2.75, 3.05) is 6.54 Å². The number of nitrogens with zero attached hydrogens (tertiary/aromatic N) is 2. The lowest BCUT2D eigenvalue weighted by atomic mass is 10.0. The van der Waals surface area contributed by atoms with Crippen LogP contribution in [0.3, 0.4) is 0 Å². The Hall–Kier alpha value is -1.77. The Morgan fingerprint density at radius 1 is 1.21 bits per heavy atom. The van der Waals surface area contributed by atoms with E-state index in [2.05, 4.69) is 19.1 Å². The maximum Gasteiger partial charge on any atom is 0.201 e. The van der Waals surface area contributed by atoms with Crippen LogP contribution in [0.15, 0.2) is 29.3 Å². The van der Waals surface area contributed by atoms with Crippen LogP contribution >= 0.6 is 0 Å². The number of para-hydroxylation sites is 1. The average Bonchev–Trinajstić information content (AvgIpc) is 2.60. The van der Waals surface area contributed by atoms with Gasteiger partial charge in [0.1, 0.15) is 0 Å². The lowest BCUT2D eigenvalue weighted by Crippen LogP contribution is -2.01. The molecule has 1 aliphatic rings. The van der Waals surface area contributed by atoms with E-state index in [1.54, 1.807) is 0 Å². The number of hydrogen-bond donors (Lipinski definition) is 1. The van der Waals surface area contributed by atoms with Crippen molar-refractivity contribution in [1.82, 2.24) is 4.57 Å². The summed E-state index contributed by atoms with van der Waals surface area (Å²) in [6.45, 7) is 3.73. The van der Waals surface area contributed by atoms with E-state index in [4.69, 9.17) is 4.99 Å². The number of hydrogen-bond acceptors (Lipinski definition) is 2. The molecule has 0 atom stereocenters. The van der Waals surface area contributed by atoms with E-state index < -0.39 is 0 Å². The van der Waals surface area contributed by atoms with Crippen LogP contribution in [0.1, 0.15) is 38.2 Å². The Morgan fingerprint density at radius 2 is 2.05 bits per heavy atom. The quantitative estimate of drug-likeness (QED) is 0.873. The summed E-state index contributed by atoms with van der Waals surface area (Å²) >= 11 is 0. The molecule has 0 spiro atoms. The molecule has 0 radical (unpaired) electrons. The molecule has 2 heterocycles. The summed E-state index contributed by atoms with van der Waals surface area (Å²) in [4.78, 5) is 4.70. The van der Waals surface area contributed by atoms with Gasteiger partial charge in [-0.1, -0.05) is 24.6 Å². The van der Waals surface area contributed by atoms with Gasteiger partial charge in [-0.15, -0.1) is 0 Å². The molecule has 19 heavy (non-hydrogen) atoms. The fourth-order valence-electron chi connectivity index (χ4n) is 2.97. The zero-order chi connectivity index (χ0) is 13.2. The predicted molar refractivity (Wildman–Crippen MR) is 79.1 cm³/mol. The Morgan fingerprint density at radius 3 is 2.89 bits per heavy atom. The molecule has 0 bridgehead atoms. The van der Waals surface area contributed by atoms with E-state index in [0.29, 0.717) is 5.88 Å². The van der Waals surface area contributed by atoms with Crippen molar-refractivity contribution >= 4 is 16.6 Å². The second-order valence-electron chi connectivity index (χ2n) is 5.10. The topological polar surface area (TPSA) is 37.5 Å². The third-order valence-electron chi connectivity index (χ3n) is 3.92. The minimum Gasteiger partial charge on any atom is -0.494 e. The molecular weight excluding hydrogens is 236 g/mol. The van der Waals surface area contributed by atoms with Crippen LogP contribution in [-0.4, -0.2) is 21.9 Å². The molecule has 2 aromatic rings. The van der Waals surface area contributed by atoms with Crippen LogP contribution in [0, 0.1) is 0 Å². The number of benzene rings is 1. The van der Waals surface area contributed by atoms with Crippen molar-refractivity contribution in [2.24, 2.45) is 4.99 Å². The average molecular weight is 256 g/mol. The summed E-state index contributed by atoms with van der Waals surface area (Å²) in [6.07, 6.45) is 4.55. The van der Waals surface area contributed by atoms with Gasteiger partial charge in [-0.05, 0) is 32.3 Å². The molecule has 0 aliphatic carbocycles. The van der Waals surface area contributed by atoms with Crippen LogP contribution < -0.4 is 0 Å². The van der Waals surface area contributed by atoms with Crippen molar-refractivity contribution in [3.63, 3.8) is 0 Å². The van der Waals surface area contributed by atoms with E-state index >= 15 is 0 Å². The van der Waals surface area contributed by atoms with Gasteiger partial charge in [-0.2, -0.15) is 0 Å². The van der Waals surface area contributed by atoms with Gasteiger partial charge in [0.05, 0.1) is 11.1 Å². The van der Waals surface area contributed by atoms with Gasteiger partial charge >= 0.3 is 0 Å². The molecule has 1 aliphatic heterocycles. The fraction of sp³-hybridized carbons (Fsp3) is 0.438. The molecule has 3 rings (SSSR count). The van der Waals surface area contributed by atoms with Gasteiger partial charge in [0, 0.05) is 24.2 Å². The first-order valence-corrected chi connectivity index (χ1v) is 7.16. The Balaban J connectivity index is 2.22. The minimum atomic E-state index is 0.379. The summed E-state index contributed by atoms with van der Waals surface area (Å²) in [7, 11) is 0. The molecule has 0 unspecified atom stereocenters. The second kappa shape index (κ2) is 5.08. The van der Waals surface area contributed by atoms with Crippen LogP contribution in [0.2, 0.25) is 0 Å². The summed E-state index contributed by atoms with van der Waals surface area (Å²) in [5.41, 5.74) is 3.14. The summed E-state index contributed by atoms with van der Waals surface area (Å²) in [6, 6.07) is 8.21. The fourth-order valence-corrected chi connectivity index (χ4v) is 2.97. The molecule has 3 heteroatoms. The lowest BCUT2D eigenvalue weighted by Gasteiger charge is -2.05. The highest BCUT2D eigenvalue weighted by atomic mass is 16.3. The highest BCUT2D eigenvalue weighted by Crippen LogP contribution is 2.33. The molecule has 100 valence electrons. The third-order valence-corrected chi connectivity index (χ3v) is 3.92. The van der Waals surface area contributed by atoms with E-state index in [1.807, 2.05) is 16.7 Å². The Bertz CT molecular complexity index is 625. The zero-order valence-corrected chi connectivity index (χ0v) is 11.4. The summed E-state index contributed by atoms with van der Waals surface area (Å²) in [5.74, 6) is 0.379. The largest absolute Gasteiger partial charge is 0.494 e. The number of aromatic nitrogens is 1. The van der Waals surface area contributed by atoms with Crippen molar-refractivity contribution in [2.45, 2.75) is 39.2 Å². The molecule has 0 saturated carbocycles. The van der Waals surface area contributed by atoms with Crippen molar-refractivity contribution in [1.29, 1.82) is 0 Å². The molecule has 0 amide bonds. The lowest BCUT2D eigenvalue weighted by molar-refractivity contribution is 0.424. The minimum absolute atomic E-state index is 0.379. The zero-order valence-electron chi connectivity index (χ0n) is 11.4. The molecule has 0 fully saturated rings. The van der Waals surface area contributed by atoms with Gasteiger partial charge in [-0.25, -0.2) is 0 Å². The van der Waals surface area contributed by atoms with Gasteiger partial charge in [0.2, 0.25) is 5.88 Å². The third kappa shape index (κ3) is 2.03. The number of aromatic hydroxyl groups is 1. The first-order valence-electron chi connectivity index (χ1n) is 7.16. The van der Waals surface area contributed by atoms with E-state index in [-0.39, 0.29) is 0 Å².